The summed E-state index contributed by atoms with van der Waals surface area (Å²) in [7, 11) is 7.26. The third kappa shape index (κ3) is 4.69. The largest absolute Gasteiger partial charge is 0.496 e. The lowest BCUT2D eigenvalue weighted by Gasteiger charge is -2.28. The Hall–Kier alpha value is -1.59. The summed E-state index contributed by atoms with van der Waals surface area (Å²) in [5, 5.41) is 0. The average molecular weight is 320 g/mol. The molecular formula is C18H28N2O3. The van der Waals surface area contributed by atoms with E-state index in [9.17, 15) is 4.79 Å². The van der Waals surface area contributed by atoms with Gasteiger partial charge in [0, 0.05) is 19.1 Å². The van der Waals surface area contributed by atoms with Crippen molar-refractivity contribution >= 4 is 5.97 Å². The zero-order valence-corrected chi connectivity index (χ0v) is 14.7. The first-order valence-electron chi connectivity index (χ1n) is 8.19. The number of likely N-dealkylation sites (tertiary alicyclic amines) is 1. The van der Waals surface area contributed by atoms with Crippen LogP contribution in [0.25, 0.3) is 0 Å². The summed E-state index contributed by atoms with van der Waals surface area (Å²) in [5.74, 6) is 0.202. The van der Waals surface area contributed by atoms with Crippen LogP contribution in [0.5, 0.6) is 5.75 Å². The molecule has 0 saturated carbocycles. The van der Waals surface area contributed by atoms with Gasteiger partial charge in [-0.05, 0) is 51.2 Å². The number of rotatable bonds is 5. The van der Waals surface area contributed by atoms with E-state index >= 15 is 0 Å². The first kappa shape index (κ1) is 17.8. The minimum atomic E-state index is -0.356. The van der Waals surface area contributed by atoms with Crippen LogP contribution in [0.3, 0.4) is 0 Å². The molecule has 0 spiro atoms. The molecule has 0 unspecified atom stereocenters. The molecule has 0 radical (unpaired) electrons. The second kappa shape index (κ2) is 8.31. The van der Waals surface area contributed by atoms with Crippen LogP contribution in [0.1, 0.15) is 35.2 Å². The molecule has 0 N–H and O–H groups in total. The number of hydrogen-bond acceptors (Lipinski definition) is 5. The molecule has 1 aromatic rings. The maximum absolute atomic E-state index is 11.9. The van der Waals surface area contributed by atoms with E-state index in [0.717, 1.165) is 25.2 Å². The van der Waals surface area contributed by atoms with Crippen LogP contribution < -0.4 is 4.74 Å². The highest BCUT2D eigenvalue weighted by atomic mass is 16.5. The molecule has 23 heavy (non-hydrogen) atoms. The summed E-state index contributed by atoms with van der Waals surface area (Å²) in [4.78, 5) is 16.7. The molecule has 0 bridgehead atoms. The predicted octanol–water partition coefficient (Wildman–Crippen LogP) is 2.40. The monoisotopic (exact) mass is 320 g/mol. The van der Waals surface area contributed by atoms with Gasteiger partial charge in [0.2, 0.25) is 0 Å². The SMILES string of the molecule is COC(=O)c1cc(CN2CCCC[C@H](N(C)C)C2)ccc1OC. The van der Waals surface area contributed by atoms with Gasteiger partial charge in [0.25, 0.3) is 0 Å². The van der Waals surface area contributed by atoms with Crippen LogP contribution in [0.15, 0.2) is 18.2 Å². The molecular weight excluding hydrogens is 292 g/mol. The topological polar surface area (TPSA) is 42.0 Å². The van der Waals surface area contributed by atoms with Crippen LogP contribution in [0, 0.1) is 0 Å². The number of carbonyl (C=O) groups excluding carboxylic acids is 1. The van der Waals surface area contributed by atoms with Crippen molar-refractivity contribution in [3.05, 3.63) is 29.3 Å². The van der Waals surface area contributed by atoms with Crippen LogP contribution in [-0.4, -0.2) is 63.2 Å². The molecule has 0 aromatic heterocycles. The normalized spacial score (nSPS) is 19.4. The van der Waals surface area contributed by atoms with Gasteiger partial charge in [0.15, 0.2) is 0 Å². The standard InChI is InChI=1S/C18H28N2O3/c1-19(2)15-7-5-6-10-20(13-15)12-14-8-9-17(22-3)16(11-14)18(21)23-4/h8-9,11,15H,5-7,10,12-13H2,1-4H3/t15-/m0/s1. The lowest BCUT2D eigenvalue weighted by atomic mass is 10.1. The first-order chi connectivity index (χ1) is 11.0. The van der Waals surface area contributed by atoms with Gasteiger partial charge in [-0.3, -0.25) is 4.90 Å². The molecule has 0 amide bonds. The lowest BCUT2D eigenvalue weighted by molar-refractivity contribution is 0.0597. The van der Waals surface area contributed by atoms with E-state index in [0.29, 0.717) is 17.4 Å². The molecule has 1 aliphatic rings. The summed E-state index contributed by atoms with van der Waals surface area (Å²) >= 11 is 0. The highest BCUT2D eigenvalue weighted by Crippen LogP contribution is 2.23. The van der Waals surface area contributed by atoms with Gasteiger partial charge in [0.05, 0.1) is 14.2 Å². The average Bonchev–Trinajstić information content (AvgIpc) is 2.79. The lowest BCUT2D eigenvalue weighted by Crippen LogP contribution is -2.38. The third-order valence-electron chi connectivity index (χ3n) is 4.54. The van der Waals surface area contributed by atoms with E-state index in [2.05, 4.69) is 23.9 Å². The van der Waals surface area contributed by atoms with Crippen molar-refractivity contribution in [1.82, 2.24) is 9.80 Å². The Bertz CT molecular complexity index is 531. The molecule has 5 heteroatoms. The molecule has 1 fully saturated rings. The molecule has 5 nitrogen and oxygen atoms in total. The van der Waals surface area contributed by atoms with E-state index in [1.54, 1.807) is 7.11 Å². The van der Waals surface area contributed by atoms with Crippen molar-refractivity contribution in [2.24, 2.45) is 0 Å². The van der Waals surface area contributed by atoms with Crippen LogP contribution in [0.2, 0.25) is 0 Å². The van der Waals surface area contributed by atoms with Crippen LogP contribution in [0.4, 0.5) is 0 Å². The first-order valence-corrected chi connectivity index (χ1v) is 8.19. The van der Waals surface area contributed by atoms with Crippen molar-refractivity contribution in [1.29, 1.82) is 0 Å². The number of nitrogens with zero attached hydrogens (tertiary/aromatic N) is 2. The third-order valence-corrected chi connectivity index (χ3v) is 4.54. The number of esters is 1. The number of hydrogen-bond donors (Lipinski definition) is 0. The second-order valence-electron chi connectivity index (χ2n) is 6.37. The highest BCUT2D eigenvalue weighted by molar-refractivity contribution is 5.92. The number of likely N-dealkylation sites (N-methyl/N-ethyl adjacent to an activating group) is 1. The van der Waals surface area contributed by atoms with Crippen molar-refractivity contribution in [2.45, 2.75) is 31.8 Å². The van der Waals surface area contributed by atoms with Crippen molar-refractivity contribution < 1.29 is 14.3 Å². The zero-order chi connectivity index (χ0) is 16.8. The summed E-state index contributed by atoms with van der Waals surface area (Å²) in [5.41, 5.74) is 1.61. The molecule has 2 rings (SSSR count). The van der Waals surface area contributed by atoms with Gasteiger partial charge in [0.1, 0.15) is 11.3 Å². The van der Waals surface area contributed by atoms with E-state index < -0.39 is 0 Å². The molecule has 0 aliphatic carbocycles. The maximum Gasteiger partial charge on any atom is 0.341 e. The van der Waals surface area contributed by atoms with Gasteiger partial charge in [-0.2, -0.15) is 0 Å². The van der Waals surface area contributed by atoms with Gasteiger partial charge >= 0.3 is 5.97 Å². The Morgan fingerprint density at radius 1 is 1.30 bits per heavy atom. The smallest absolute Gasteiger partial charge is 0.341 e. The Kier molecular flexibility index (Phi) is 6.42. The van der Waals surface area contributed by atoms with E-state index in [1.807, 2.05) is 18.2 Å². The van der Waals surface area contributed by atoms with Gasteiger partial charge in [-0.15, -0.1) is 0 Å². The summed E-state index contributed by atoms with van der Waals surface area (Å²) in [6.07, 6.45) is 3.75. The fourth-order valence-corrected chi connectivity index (χ4v) is 3.14. The van der Waals surface area contributed by atoms with Gasteiger partial charge in [-0.1, -0.05) is 12.5 Å². The summed E-state index contributed by atoms with van der Waals surface area (Å²) in [6.45, 7) is 3.01. The molecule has 1 atom stereocenters. The Labute approximate surface area is 139 Å². The van der Waals surface area contributed by atoms with Crippen LogP contribution in [-0.2, 0) is 11.3 Å². The predicted molar refractivity (Wildman–Crippen MR) is 90.9 cm³/mol. The summed E-state index contributed by atoms with van der Waals surface area (Å²) in [6, 6.07) is 6.36. The van der Waals surface area contributed by atoms with Crippen LogP contribution >= 0.6 is 0 Å². The molecule has 1 aliphatic heterocycles. The number of benzene rings is 1. The minimum Gasteiger partial charge on any atom is -0.496 e. The van der Waals surface area contributed by atoms with Crippen molar-refractivity contribution in [3.8, 4) is 5.75 Å². The highest BCUT2D eigenvalue weighted by Gasteiger charge is 2.20. The Balaban J connectivity index is 2.13. The number of carbonyl (C=O) groups is 1. The van der Waals surface area contributed by atoms with Crippen molar-refractivity contribution in [3.63, 3.8) is 0 Å². The van der Waals surface area contributed by atoms with E-state index in [1.165, 1.54) is 26.4 Å². The second-order valence-corrected chi connectivity index (χ2v) is 6.37. The van der Waals surface area contributed by atoms with E-state index in [4.69, 9.17) is 9.47 Å². The quantitative estimate of drug-likeness (QED) is 0.779. The van der Waals surface area contributed by atoms with E-state index in [-0.39, 0.29) is 5.97 Å². The summed E-state index contributed by atoms with van der Waals surface area (Å²) < 4.78 is 10.1. The zero-order valence-electron chi connectivity index (χ0n) is 14.7. The number of methoxy groups -OCH3 is 2. The van der Waals surface area contributed by atoms with Gasteiger partial charge < -0.3 is 14.4 Å². The maximum atomic E-state index is 11.9. The molecule has 1 saturated heterocycles. The minimum absolute atomic E-state index is 0.356. The van der Waals surface area contributed by atoms with Crippen molar-refractivity contribution in [2.75, 3.05) is 41.4 Å². The van der Waals surface area contributed by atoms with Gasteiger partial charge in [-0.25, -0.2) is 4.79 Å². The Morgan fingerprint density at radius 3 is 2.74 bits per heavy atom. The molecule has 1 heterocycles. The molecule has 128 valence electrons. The molecule has 1 aromatic carbocycles. The Morgan fingerprint density at radius 2 is 2.09 bits per heavy atom. The fourth-order valence-electron chi connectivity index (χ4n) is 3.14. The fraction of sp³-hybridized carbons (Fsp3) is 0.611. The number of ether oxygens (including phenoxy) is 2.